The summed E-state index contributed by atoms with van der Waals surface area (Å²) in [6, 6.07) is 0. The third kappa shape index (κ3) is 2.55. The molecule has 0 aliphatic carbocycles. The van der Waals surface area contributed by atoms with Gasteiger partial charge in [0.2, 0.25) is 0 Å². The molecule has 3 heteroatoms. The molecule has 0 radical (unpaired) electrons. The van der Waals surface area contributed by atoms with Crippen LogP contribution in [0.3, 0.4) is 0 Å². The van der Waals surface area contributed by atoms with Gasteiger partial charge in [0, 0.05) is 24.3 Å². The van der Waals surface area contributed by atoms with Gasteiger partial charge in [0.05, 0.1) is 0 Å². The molecule has 0 aromatic heterocycles. The van der Waals surface area contributed by atoms with Gasteiger partial charge >= 0.3 is 5.97 Å². The molecule has 0 aromatic carbocycles. The van der Waals surface area contributed by atoms with Gasteiger partial charge in [-0.25, -0.2) is 0 Å². The van der Waals surface area contributed by atoms with Crippen LogP contribution in [0, 0.1) is 0 Å². The lowest BCUT2D eigenvalue weighted by Crippen LogP contribution is -2.09. The molecule has 1 aliphatic rings. The molecule has 2 nitrogen and oxygen atoms in total. The zero-order valence-electron chi connectivity index (χ0n) is 7.55. The van der Waals surface area contributed by atoms with Crippen LogP contribution in [0.25, 0.3) is 0 Å². The number of hydrogen-bond acceptors (Lipinski definition) is 3. The molecule has 0 fully saturated rings. The van der Waals surface area contributed by atoms with E-state index in [2.05, 4.69) is 0 Å². The lowest BCUT2D eigenvalue weighted by molar-refractivity contribution is -0.139. The van der Waals surface area contributed by atoms with Crippen molar-refractivity contribution in [3.63, 3.8) is 0 Å². The fraction of sp³-hybridized carbons (Fsp3) is 0.667. The van der Waals surface area contributed by atoms with Crippen LogP contribution in [0.2, 0.25) is 0 Å². The van der Waals surface area contributed by atoms with E-state index in [0.29, 0.717) is 6.42 Å². The molecule has 0 aromatic rings. The number of carbonyl (C=O) groups excluding carboxylic acids is 1. The first-order chi connectivity index (χ1) is 5.74. The topological polar surface area (TPSA) is 26.3 Å². The second-order valence-corrected chi connectivity index (χ2v) is 3.94. The molecule has 0 N–H and O–H groups in total. The standard InChI is InChI=1S/C9H14O2S/c1-3-9(10)11-8-4-5-12-6-7(8)2/h3-6H2,1-2H3. The first-order valence-corrected chi connectivity index (χ1v) is 5.36. The highest BCUT2D eigenvalue weighted by Crippen LogP contribution is 2.24. The van der Waals surface area contributed by atoms with E-state index in [1.165, 1.54) is 5.57 Å². The Morgan fingerprint density at radius 1 is 1.67 bits per heavy atom. The molecule has 1 rings (SSSR count). The second kappa shape index (κ2) is 4.55. The van der Waals surface area contributed by atoms with E-state index >= 15 is 0 Å². The molecule has 0 spiro atoms. The maximum absolute atomic E-state index is 11.0. The Hall–Kier alpha value is -0.440. The Bertz CT molecular complexity index is 209. The summed E-state index contributed by atoms with van der Waals surface area (Å²) in [5, 5.41) is 0. The van der Waals surface area contributed by atoms with E-state index in [9.17, 15) is 4.79 Å². The van der Waals surface area contributed by atoms with Gasteiger partial charge in [-0.15, -0.1) is 0 Å². The molecule has 0 saturated carbocycles. The van der Waals surface area contributed by atoms with Crippen LogP contribution >= 0.6 is 11.8 Å². The summed E-state index contributed by atoms with van der Waals surface area (Å²) >= 11 is 1.89. The number of thioether (sulfide) groups is 1. The van der Waals surface area contributed by atoms with Gasteiger partial charge in [-0.2, -0.15) is 11.8 Å². The van der Waals surface area contributed by atoms with Gasteiger partial charge in [0.1, 0.15) is 5.76 Å². The lowest BCUT2D eigenvalue weighted by Gasteiger charge is -2.16. The Kier molecular flexibility index (Phi) is 3.66. The van der Waals surface area contributed by atoms with Crippen LogP contribution in [0.15, 0.2) is 11.3 Å². The van der Waals surface area contributed by atoms with Crippen LogP contribution in [-0.4, -0.2) is 17.5 Å². The molecule has 0 atom stereocenters. The van der Waals surface area contributed by atoms with Crippen LogP contribution in [0.1, 0.15) is 26.7 Å². The Balaban J connectivity index is 2.54. The minimum absolute atomic E-state index is 0.115. The molecule has 0 bridgehead atoms. The van der Waals surface area contributed by atoms with Crippen molar-refractivity contribution in [1.82, 2.24) is 0 Å². The summed E-state index contributed by atoms with van der Waals surface area (Å²) in [6.07, 6.45) is 1.37. The highest BCUT2D eigenvalue weighted by Gasteiger charge is 2.12. The first kappa shape index (κ1) is 9.65. The zero-order valence-corrected chi connectivity index (χ0v) is 8.37. The maximum Gasteiger partial charge on any atom is 0.310 e. The molecule has 1 aliphatic heterocycles. The van der Waals surface area contributed by atoms with Gasteiger partial charge < -0.3 is 4.74 Å². The number of ether oxygens (including phenoxy) is 1. The third-order valence-electron chi connectivity index (χ3n) is 1.79. The zero-order chi connectivity index (χ0) is 8.97. The van der Waals surface area contributed by atoms with Crippen molar-refractivity contribution in [1.29, 1.82) is 0 Å². The highest BCUT2D eigenvalue weighted by atomic mass is 32.2. The maximum atomic E-state index is 11.0. The predicted octanol–water partition coefficient (Wildman–Crippen LogP) is 2.35. The largest absolute Gasteiger partial charge is 0.431 e. The quantitative estimate of drug-likeness (QED) is 0.619. The SMILES string of the molecule is CCC(=O)OC1=C(C)CSCC1. The highest BCUT2D eigenvalue weighted by molar-refractivity contribution is 7.99. The Morgan fingerprint density at radius 2 is 2.42 bits per heavy atom. The van der Waals surface area contributed by atoms with Gasteiger partial charge in [-0.3, -0.25) is 4.79 Å². The minimum Gasteiger partial charge on any atom is -0.431 e. The van der Waals surface area contributed by atoms with Crippen molar-refractivity contribution in [2.45, 2.75) is 26.7 Å². The smallest absolute Gasteiger partial charge is 0.310 e. The van der Waals surface area contributed by atoms with Gasteiger partial charge in [-0.05, 0) is 12.5 Å². The number of allylic oxidation sites excluding steroid dienone is 1. The number of hydrogen-bond donors (Lipinski definition) is 0. The summed E-state index contributed by atoms with van der Waals surface area (Å²) in [6.45, 7) is 3.85. The molecule has 0 unspecified atom stereocenters. The second-order valence-electron chi connectivity index (χ2n) is 2.83. The van der Waals surface area contributed by atoms with E-state index < -0.39 is 0 Å². The van der Waals surface area contributed by atoms with Gasteiger partial charge in [0.15, 0.2) is 0 Å². The van der Waals surface area contributed by atoms with Crippen LogP contribution in [0.4, 0.5) is 0 Å². The number of carbonyl (C=O) groups is 1. The molecule has 0 amide bonds. The molecule has 1 heterocycles. The number of esters is 1. The van der Waals surface area contributed by atoms with Crippen LogP contribution in [0.5, 0.6) is 0 Å². The van der Waals surface area contributed by atoms with E-state index in [1.807, 2.05) is 25.6 Å². The van der Waals surface area contributed by atoms with Crippen molar-refractivity contribution in [3.8, 4) is 0 Å². The summed E-state index contributed by atoms with van der Waals surface area (Å²) < 4.78 is 5.18. The predicted molar refractivity (Wildman–Crippen MR) is 51.0 cm³/mol. The normalized spacial score (nSPS) is 17.8. The lowest BCUT2D eigenvalue weighted by atomic mass is 10.2. The fourth-order valence-electron chi connectivity index (χ4n) is 1.03. The van der Waals surface area contributed by atoms with Crippen molar-refractivity contribution in [3.05, 3.63) is 11.3 Å². The summed E-state index contributed by atoms with van der Waals surface area (Å²) in [7, 11) is 0. The summed E-state index contributed by atoms with van der Waals surface area (Å²) in [5.41, 5.74) is 1.22. The van der Waals surface area contributed by atoms with Crippen LogP contribution < -0.4 is 0 Å². The Morgan fingerprint density at radius 3 is 3.00 bits per heavy atom. The molecule has 12 heavy (non-hydrogen) atoms. The first-order valence-electron chi connectivity index (χ1n) is 4.21. The number of rotatable bonds is 2. The van der Waals surface area contributed by atoms with Gasteiger partial charge in [-0.1, -0.05) is 6.92 Å². The third-order valence-corrected chi connectivity index (χ3v) is 2.92. The molecular formula is C9H14O2S. The molecule has 0 saturated heterocycles. The van der Waals surface area contributed by atoms with E-state index in [0.717, 1.165) is 23.7 Å². The van der Waals surface area contributed by atoms with Gasteiger partial charge in [0.25, 0.3) is 0 Å². The van der Waals surface area contributed by atoms with Crippen molar-refractivity contribution < 1.29 is 9.53 Å². The van der Waals surface area contributed by atoms with E-state index in [4.69, 9.17) is 4.74 Å². The van der Waals surface area contributed by atoms with E-state index in [1.54, 1.807) is 0 Å². The van der Waals surface area contributed by atoms with Crippen molar-refractivity contribution in [2.75, 3.05) is 11.5 Å². The fourth-order valence-corrected chi connectivity index (χ4v) is 1.97. The minimum atomic E-state index is -0.115. The van der Waals surface area contributed by atoms with Crippen molar-refractivity contribution in [2.24, 2.45) is 0 Å². The molecular weight excluding hydrogens is 172 g/mol. The van der Waals surface area contributed by atoms with Crippen molar-refractivity contribution >= 4 is 17.7 Å². The molecule has 68 valence electrons. The Labute approximate surface area is 77.4 Å². The average Bonchev–Trinajstić information content (AvgIpc) is 2.09. The monoisotopic (exact) mass is 186 g/mol. The average molecular weight is 186 g/mol. The summed E-state index contributed by atoms with van der Waals surface area (Å²) in [5.74, 6) is 2.87. The summed E-state index contributed by atoms with van der Waals surface area (Å²) in [4.78, 5) is 11.0. The van der Waals surface area contributed by atoms with E-state index in [-0.39, 0.29) is 5.97 Å². The van der Waals surface area contributed by atoms with Crippen LogP contribution in [-0.2, 0) is 9.53 Å².